The number of ether oxygens (including phenoxy) is 1. The van der Waals surface area contributed by atoms with Gasteiger partial charge in [-0.1, -0.05) is 0 Å². The highest BCUT2D eigenvalue weighted by Crippen LogP contribution is 2.24. The topological polar surface area (TPSA) is 177 Å². The average Bonchev–Trinajstić information content (AvgIpc) is 3.27. The van der Waals surface area contributed by atoms with E-state index in [9.17, 15) is 29.4 Å². The summed E-state index contributed by atoms with van der Waals surface area (Å²) >= 11 is 1.99. The molecule has 13 heteroatoms. The number of rotatable bonds is 9. The van der Waals surface area contributed by atoms with Gasteiger partial charge in [0.05, 0.1) is 29.8 Å². The average molecular weight is 599 g/mol. The zero-order valence-corrected chi connectivity index (χ0v) is 21.3. The zero-order valence-electron chi connectivity index (χ0n) is 19.1. The van der Waals surface area contributed by atoms with E-state index in [1.165, 1.54) is 21.7 Å². The molecule has 3 rings (SSSR count). The smallest absolute Gasteiger partial charge is 0.309 e. The Labute approximate surface area is 214 Å². The third kappa shape index (κ3) is 6.15. The Morgan fingerprint density at radius 2 is 2.06 bits per heavy atom. The fourth-order valence-electron chi connectivity index (χ4n) is 3.35. The van der Waals surface area contributed by atoms with Crippen molar-refractivity contribution < 1.29 is 34.1 Å². The minimum absolute atomic E-state index is 0.0513. The number of nitrogens with zero attached hydrogens (tertiary/aromatic N) is 3. The summed E-state index contributed by atoms with van der Waals surface area (Å²) in [5, 5.41) is 26.6. The van der Waals surface area contributed by atoms with Crippen molar-refractivity contribution in [3.63, 3.8) is 0 Å². The Balaban J connectivity index is 1.69. The summed E-state index contributed by atoms with van der Waals surface area (Å²) in [6, 6.07) is 6.20. The summed E-state index contributed by atoms with van der Waals surface area (Å²) in [5.74, 6) is -2.98. The number of aliphatic carboxylic acids is 1. The van der Waals surface area contributed by atoms with E-state index in [1.807, 2.05) is 22.6 Å². The quantitative estimate of drug-likeness (QED) is 0.306. The van der Waals surface area contributed by atoms with Crippen LogP contribution in [0.2, 0.25) is 0 Å². The second kappa shape index (κ2) is 10.7. The number of carboxylic acids is 1. The minimum Gasteiger partial charge on any atom is -0.481 e. The number of amides is 3. The van der Waals surface area contributed by atoms with Crippen LogP contribution in [0, 0.1) is 8.99 Å². The van der Waals surface area contributed by atoms with E-state index in [1.54, 1.807) is 32.2 Å². The molecule has 2 heterocycles. The molecule has 1 saturated heterocycles. The van der Waals surface area contributed by atoms with Crippen LogP contribution in [0.1, 0.15) is 30.6 Å². The molecular weight excluding hydrogens is 573 g/mol. The van der Waals surface area contributed by atoms with Crippen LogP contribution in [0.3, 0.4) is 0 Å². The Hall–Kier alpha value is -3.04. The highest BCUT2D eigenvalue weighted by atomic mass is 127. The van der Waals surface area contributed by atoms with Gasteiger partial charge in [0.2, 0.25) is 0 Å². The number of carbonyl (C=O) groups excluding carboxylic acids is 3. The second-order valence-electron chi connectivity index (χ2n) is 8.65. The Morgan fingerprint density at radius 3 is 2.71 bits per heavy atom. The van der Waals surface area contributed by atoms with Gasteiger partial charge in [0, 0.05) is 22.4 Å². The number of hydrogen-bond donors (Lipinski definition) is 4. The molecular formula is C22H26IN5O7. The summed E-state index contributed by atoms with van der Waals surface area (Å²) < 4.78 is 7.65. The molecule has 2 aromatic rings. The molecule has 1 aliphatic heterocycles. The molecule has 0 unspecified atom stereocenters. The maximum atomic E-state index is 13.0. The number of aliphatic hydroxyl groups is 1. The van der Waals surface area contributed by atoms with Crippen molar-refractivity contribution in [1.82, 2.24) is 9.78 Å². The predicted octanol–water partition coefficient (Wildman–Crippen LogP) is 0.819. The lowest BCUT2D eigenvalue weighted by Crippen LogP contribution is -2.55. The number of carboxylic acid groups (broad SMARTS) is 1. The maximum Gasteiger partial charge on any atom is 0.309 e. The Kier molecular flexibility index (Phi) is 8.12. The molecule has 0 bridgehead atoms. The van der Waals surface area contributed by atoms with Crippen molar-refractivity contribution in [1.29, 1.82) is 0 Å². The first-order valence-corrected chi connectivity index (χ1v) is 11.8. The van der Waals surface area contributed by atoms with Gasteiger partial charge in [-0.15, -0.1) is 0 Å². The van der Waals surface area contributed by atoms with Gasteiger partial charge in [-0.05, 0) is 61.1 Å². The number of nitrogens with two attached hydrogens (primary N) is 1. The first-order chi connectivity index (χ1) is 16.4. The first kappa shape index (κ1) is 26.6. The lowest BCUT2D eigenvalue weighted by molar-refractivity contribution is -0.150. The highest BCUT2D eigenvalue weighted by molar-refractivity contribution is 14.1. The fraction of sp³-hybridized carbons (Fsp3) is 0.409. The number of aromatic nitrogens is 2. The van der Waals surface area contributed by atoms with Crippen LogP contribution >= 0.6 is 22.6 Å². The van der Waals surface area contributed by atoms with E-state index < -0.39 is 41.3 Å². The summed E-state index contributed by atoms with van der Waals surface area (Å²) in [5.41, 5.74) is 4.59. The number of carbonyl (C=O) groups is 4. The fourth-order valence-corrected chi connectivity index (χ4v) is 3.84. The van der Waals surface area contributed by atoms with E-state index in [4.69, 9.17) is 10.5 Å². The SMILES string of the molecule is CC(C)(CCn1ccc(N2CCO[C@H]([C@@H](O)C(=O)Nc3ccc(I)cc3C(N)=O)C2=O)n1)C(=O)O. The molecule has 0 saturated carbocycles. The van der Waals surface area contributed by atoms with Crippen LogP contribution in [0.25, 0.3) is 0 Å². The van der Waals surface area contributed by atoms with Crippen molar-refractivity contribution in [2.45, 2.75) is 39.0 Å². The van der Waals surface area contributed by atoms with Crippen molar-refractivity contribution in [2.75, 3.05) is 23.4 Å². The number of nitrogens with one attached hydrogen (secondary N) is 1. The number of aryl methyl sites for hydroxylation is 1. The largest absolute Gasteiger partial charge is 0.481 e. The molecule has 0 radical (unpaired) electrons. The molecule has 35 heavy (non-hydrogen) atoms. The molecule has 12 nitrogen and oxygen atoms in total. The maximum absolute atomic E-state index is 13.0. The summed E-state index contributed by atoms with van der Waals surface area (Å²) in [6.45, 7) is 3.76. The minimum atomic E-state index is -1.86. The number of halogens is 1. The van der Waals surface area contributed by atoms with Gasteiger partial charge in [0.15, 0.2) is 18.0 Å². The number of morpholine rings is 1. The van der Waals surface area contributed by atoms with Crippen LogP contribution < -0.4 is 16.0 Å². The molecule has 1 aliphatic rings. The standard InChI is InChI=1S/C22H26IN5O7/c1-22(2,21(33)34)6-8-27-7-5-15(26-27)28-9-10-35-17(20(28)32)16(29)19(31)25-14-4-3-12(23)11-13(14)18(24)30/h3-5,7,11,16-17,29H,6,8-10H2,1-2H3,(H2,24,30)(H,25,31)(H,33,34)/t16-,17-/m1/s1. The van der Waals surface area contributed by atoms with Gasteiger partial charge in [0.1, 0.15) is 0 Å². The summed E-state index contributed by atoms with van der Waals surface area (Å²) in [7, 11) is 0. The van der Waals surface area contributed by atoms with Crippen molar-refractivity contribution in [2.24, 2.45) is 11.1 Å². The monoisotopic (exact) mass is 599 g/mol. The van der Waals surface area contributed by atoms with Gasteiger partial charge in [-0.25, -0.2) is 0 Å². The van der Waals surface area contributed by atoms with Gasteiger partial charge >= 0.3 is 5.97 Å². The van der Waals surface area contributed by atoms with E-state index in [0.29, 0.717) is 13.0 Å². The molecule has 0 spiro atoms. The van der Waals surface area contributed by atoms with Crippen LogP contribution in [-0.2, 0) is 25.7 Å². The summed E-state index contributed by atoms with van der Waals surface area (Å²) in [4.78, 5) is 50.0. The van der Waals surface area contributed by atoms with Crippen LogP contribution in [0.15, 0.2) is 30.5 Å². The molecule has 3 amide bonds. The van der Waals surface area contributed by atoms with Gasteiger partial charge in [0.25, 0.3) is 17.7 Å². The van der Waals surface area contributed by atoms with Crippen LogP contribution in [-0.4, -0.2) is 69.0 Å². The number of aliphatic hydroxyl groups excluding tert-OH is 1. The molecule has 2 atom stereocenters. The predicted molar refractivity (Wildman–Crippen MR) is 133 cm³/mol. The molecule has 1 aromatic heterocycles. The molecule has 5 N–H and O–H groups in total. The summed E-state index contributed by atoms with van der Waals surface area (Å²) in [6.07, 6.45) is -1.39. The molecule has 1 fully saturated rings. The van der Waals surface area contributed by atoms with Gasteiger partial charge in [-0.2, -0.15) is 5.10 Å². The lowest BCUT2D eigenvalue weighted by atomic mass is 9.90. The Morgan fingerprint density at radius 1 is 1.34 bits per heavy atom. The van der Waals surface area contributed by atoms with E-state index in [2.05, 4.69) is 10.4 Å². The van der Waals surface area contributed by atoms with Gasteiger partial charge < -0.3 is 26.0 Å². The normalized spacial score (nSPS) is 17.2. The third-order valence-electron chi connectivity index (χ3n) is 5.63. The lowest BCUT2D eigenvalue weighted by Gasteiger charge is -2.32. The van der Waals surface area contributed by atoms with Crippen molar-refractivity contribution in [3.8, 4) is 0 Å². The highest BCUT2D eigenvalue weighted by Gasteiger charge is 2.40. The van der Waals surface area contributed by atoms with Crippen LogP contribution in [0.4, 0.5) is 11.5 Å². The number of hydrogen-bond acceptors (Lipinski definition) is 7. The second-order valence-corrected chi connectivity index (χ2v) is 9.89. The van der Waals surface area contributed by atoms with E-state index >= 15 is 0 Å². The number of primary amides is 1. The van der Waals surface area contributed by atoms with Crippen molar-refractivity contribution in [3.05, 3.63) is 39.6 Å². The van der Waals surface area contributed by atoms with Crippen molar-refractivity contribution >= 4 is 57.8 Å². The molecule has 1 aromatic carbocycles. The number of anilines is 2. The zero-order chi connectivity index (χ0) is 25.9. The number of benzene rings is 1. The third-order valence-corrected chi connectivity index (χ3v) is 6.30. The van der Waals surface area contributed by atoms with Crippen LogP contribution in [0.5, 0.6) is 0 Å². The molecule has 188 valence electrons. The first-order valence-electron chi connectivity index (χ1n) is 10.7. The van der Waals surface area contributed by atoms with E-state index in [0.717, 1.165) is 3.57 Å². The molecule has 0 aliphatic carbocycles. The van der Waals surface area contributed by atoms with Gasteiger partial charge in [-0.3, -0.25) is 28.8 Å². The Bertz CT molecular complexity index is 1150. The van der Waals surface area contributed by atoms with E-state index in [-0.39, 0.29) is 30.2 Å².